The molecule has 4 nitrogen and oxygen atoms in total. The Kier molecular flexibility index (Phi) is 5.15. The van der Waals surface area contributed by atoms with Crippen molar-refractivity contribution in [2.24, 2.45) is 0 Å². The standard InChI is InChI=1S/C16H16O4/c1-18-16(20-14-10-6-3-7-11-14)15(17)19-12-13-8-4-2-5-9-13/h2-11,16H,12H2,1H3. The van der Waals surface area contributed by atoms with Crippen LogP contribution in [-0.4, -0.2) is 19.4 Å². The Labute approximate surface area is 117 Å². The van der Waals surface area contributed by atoms with Gasteiger partial charge in [-0.1, -0.05) is 48.5 Å². The van der Waals surface area contributed by atoms with Gasteiger partial charge in [-0.05, 0) is 17.7 Å². The van der Waals surface area contributed by atoms with E-state index in [0.717, 1.165) is 5.56 Å². The van der Waals surface area contributed by atoms with E-state index < -0.39 is 12.3 Å². The summed E-state index contributed by atoms with van der Waals surface area (Å²) in [6, 6.07) is 18.4. The number of carbonyl (C=O) groups is 1. The van der Waals surface area contributed by atoms with Gasteiger partial charge in [-0.25, -0.2) is 4.79 Å². The second-order valence-electron chi connectivity index (χ2n) is 4.09. The summed E-state index contributed by atoms with van der Waals surface area (Å²) in [6.45, 7) is 0.192. The minimum atomic E-state index is -1.07. The molecule has 0 N–H and O–H groups in total. The summed E-state index contributed by atoms with van der Waals surface area (Å²) >= 11 is 0. The molecular formula is C16H16O4. The lowest BCUT2D eigenvalue weighted by Gasteiger charge is -2.16. The SMILES string of the molecule is COC(Oc1ccccc1)C(=O)OCc1ccccc1. The van der Waals surface area contributed by atoms with Crippen LogP contribution in [0.1, 0.15) is 5.56 Å². The van der Waals surface area contributed by atoms with Crippen molar-refractivity contribution in [1.29, 1.82) is 0 Å². The summed E-state index contributed by atoms with van der Waals surface area (Å²) in [4.78, 5) is 11.9. The number of carbonyl (C=O) groups excluding carboxylic acids is 1. The van der Waals surface area contributed by atoms with Gasteiger partial charge in [-0.15, -0.1) is 0 Å². The molecule has 20 heavy (non-hydrogen) atoms. The maximum atomic E-state index is 11.9. The zero-order chi connectivity index (χ0) is 14.2. The van der Waals surface area contributed by atoms with Crippen molar-refractivity contribution >= 4 is 5.97 Å². The quantitative estimate of drug-likeness (QED) is 0.599. The van der Waals surface area contributed by atoms with E-state index in [4.69, 9.17) is 14.2 Å². The van der Waals surface area contributed by atoms with Crippen molar-refractivity contribution in [3.05, 3.63) is 66.2 Å². The molecule has 0 spiro atoms. The van der Waals surface area contributed by atoms with Gasteiger partial charge < -0.3 is 14.2 Å². The molecule has 104 valence electrons. The number of hydrogen-bond donors (Lipinski definition) is 0. The van der Waals surface area contributed by atoms with Crippen molar-refractivity contribution in [3.8, 4) is 5.75 Å². The van der Waals surface area contributed by atoms with Crippen LogP contribution in [0, 0.1) is 0 Å². The zero-order valence-electron chi connectivity index (χ0n) is 11.2. The van der Waals surface area contributed by atoms with E-state index in [1.54, 1.807) is 12.1 Å². The maximum Gasteiger partial charge on any atom is 0.376 e. The van der Waals surface area contributed by atoms with Crippen LogP contribution in [0.5, 0.6) is 5.75 Å². The third kappa shape index (κ3) is 4.10. The molecule has 0 aliphatic heterocycles. The van der Waals surface area contributed by atoms with Crippen LogP contribution in [0.15, 0.2) is 60.7 Å². The number of hydrogen-bond acceptors (Lipinski definition) is 4. The molecule has 0 aromatic heterocycles. The average Bonchev–Trinajstić information content (AvgIpc) is 2.52. The summed E-state index contributed by atoms with van der Waals surface area (Å²) < 4.78 is 15.6. The first-order valence-electron chi connectivity index (χ1n) is 6.24. The fourth-order valence-corrected chi connectivity index (χ4v) is 1.61. The normalized spacial score (nSPS) is 11.7. The van der Waals surface area contributed by atoms with Gasteiger partial charge in [-0.2, -0.15) is 0 Å². The van der Waals surface area contributed by atoms with Gasteiger partial charge in [0.1, 0.15) is 12.4 Å². The lowest BCUT2D eigenvalue weighted by Crippen LogP contribution is -2.31. The lowest BCUT2D eigenvalue weighted by molar-refractivity contribution is -0.174. The van der Waals surface area contributed by atoms with Gasteiger partial charge in [0.05, 0.1) is 0 Å². The molecular weight excluding hydrogens is 256 g/mol. The van der Waals surface area contributed by atoms with Crippen molar-refractivity contribution < 1.29 is 19.0 Å². The molecule has 0 aliphatic rings. The van der Waals surface area contributed by atoms with Crippen LogP contribution >= 0.6 is 0 Å². The van der Waals surface area contributed by atoms with Gasteiger partial charge >= 0.3 is 5.97 Å². The van der Waals surface area contributed by atoms with Crippen molar-refractivity contribution in [1.82, 2.24) is 0 Å². The van der Waals surface area contributed by atoms with Crippen molar-refractivity contribution in [3.63, 3.8) is 0 Å². The van der Waals surface area contributed by atoms with Crippen LogP contribution in [-0.2, 0) is 20.9 Å². The molecule has 0 amide bonds. The molecule has 0 saturated heterocycles. The van der Waals surface area contributed by atoms with Gasteiger partial charge in [0.15, 0.2) is 0 Å². The molecule has 1 atom stereocenters. The molecule has 2 rings (SSSR count). The third-order valence-corrected chi connectivity index (χ3v) is 2.62. The summed E-state index contributed by atoms with van der Waals surface area (Å²) in [5, 5.41) is 0. The monoisotopic (exact) mass is 272 g/mol. The second-order valence-corrected chi connectivity index (χ2v) is 4.09. The predicted molar refractivity (Wildman–Crippen MR) is 74.1 cm³/mol. The Balaban J connectivity index is 1.89. The summed E-state index contributed by atoms with van der Waals surface area (Å²) in [6.07, 6.45) is -1.07. The van der Waals surface area contributed by atoms with E-state index in [1.807, 2.05) is 48.5 Å². The highest BCUT2D eigenvalue weighted by Crippen LogP contribution is 2.12. The first-order chi connectivity index (χ1) is 9.79. The molecule has 1 unspecified atom stereocenters. The van der Waals surface area contributed by atoms with Gasteiger partial charge in [0.25, 0.3) is 6.29 Å². The molecule has 0 bridgehead atoms. The molecule has 4 heteroatoms. The van der Waals surface area contributed by atoms with E-state index in [0.29, 0.717) is 5.75 Å². The largest absolute Gasteiger partial charge is 0.456 e. The number of para-hydroxylation sites is 1. The van der Waals surface area contributed by atoms with E-state index in [9.17, 15) is 4.79 Å². The molecule has 0 radical (unpaired) electrons. The fraction of sp³-hybridized carbons (Fsp3) is 0.188. The Morgan fingerprint density at radius 2 is 1.60 bits per heavy atom. The van der Waals surface area contributed by atoms with Crippen LogP contribution in [0.3, 0.4) is 0 Å². The van der Waals surface area contributed by atoms with Crippen molar-refractivity contribution in [2.75, 3.05) is 7.11 Å². The Morgan fingerprint density at radius 1 is 1.00 bits per heavy atom. The average molecular weight is 272 g/mol. The number of methoxy groups -OCH3 is 1. The highest BCUT2D eigenvalue weighted by Gasteiger charge is 2.21. The van der Waals surface area contributed by atoms with E-state index in [1.165, 1.54) is 7.11 Å². The summed E-state index contributed by atoms with van der Waals surface area (Å²) in [5.74, 6) is -0.00350. The van der Waals surface area contributed by atoms with Gasteiger partial charge in [0.2, 0.25) is 0 Å². The predicted octanol–water partition coefficient (Wildman–Crippen LogP) is 2.78. The summed E-state index contributed by atoms with van der Waals surface area (Å²) in [7, 11) is 1.40. The Morgan fingerprint density at radius 3 is 2.20 bits per heavy atom. The molecule has 0 heterocycles. The van der Waals surface area contributed by atoms with Crippen molar-refractivity contribution in [2.45, 2.75) is 12.9 Å². The van der Waals surface area contributed by atoms with Crippen LogP contribution in [0.25, 0.3) is 0 Å². The fourth-order valence-electron chi connectivity index (χ4n) is 1.61. The maximum absolute atomic E-state index is 11.9. The van der Waals surface area contributed by atoms with Gasteiger partial charge in [-0.3, -0.25) is 0 Å². The van der Waals surface area contributed by atoms with Crippen LogP contribution in [0.4, 0.5) is 0 Å². The minimum absolute atomic E-state index is 0.192. The lowest BCUT2D eigenvalue weighted by atomic mass is 10.2. The highest BCUT2D eigenvalue weighted by molar-refractivity contribution is 5.73. The smallest absolute Gasteiger partial charge is 0.376 e. The molecule has 2 aromatic carbocycles. The number of benzene rings is 2. The third-order valence-electron chi connectivity index (χ3n) is 2.62. The van der Waals surface area contributed by atoms with Crippen LogP contribution < -0.4 is 4.74 Å². The van der Waals surface area contributed by atoms with Gasteiger partial charge in [0, 0.05) is 7.11 Å². The van der Waals surface area contributed by atoms with Crippen LogP contribution in [0.2, 0.25) is 0 Å². The second kappa shape index (κ2) is 7.31. The zero-order valence-corrected chi connectivity index (χ0v) is 11.2. The first kappa shape index (κ1) is 14.1. The highest BCUT2D eigenvalue weighted by atomic mass is 16.7. The molecule has 0 aliphatic carbocycles. The number of rotatable bonds is 6. The topological polar surface area (TPSA) is 44.8 Å². The number of esters is 1. The first-order valence-corrected chi connectivity index (χ1v) is 6.24. The van der Waals surface area contributed by atoms with E-state index in [2.05, 4.69) is 0 Å². The van der Waals surface area contributed by atoms with E-state index in [-0.39, 0.29) is 6.61 Å². The Hall–Kier alpha value is -2.33. The molecule has 0 fully saturated rings. The minimum Gasteiger partial charge on any atom is -0.456 e. The molecule has 2 aromatic rings. The Bertz CT molecular complexity index is 525. The summed E-state index contributed by atoms with van der Waals surface area (Å²) in [5.41, 5.74) is 0.912. The van der Waals surface area contributed by atoms with E-state index >= 15 is 0 Å². The number of ether oxygens (including phenoxy) is 3. The molecule has 0 saturated carbocycles.